The summed E-state index contributed by atoms with van der Waals surface area (Å²) in [6.45, 7) is 8.71. The summed E-state index contributed by atoms with van der Waals surface area (Å²) in [7, 11) is 0. The first kappa shape index (κ1) is 25.5. The molecule has 2 heterocycles. The summed E-state index contributed by atoms with van der Waals surface area (Å²) in [5.74, 6) is 1.14. The van der Waals surface area contributed by atoms with Gasteiger partial charge in [0.1, 0.15) is 0 Å². The van der Waals surface area contributed by atoms with Crippen molar-refractivity contribution in [2.75, 3.05) is 52.5 Å². The van der Waals surface area contributed by atoms with Crippen LogP contribution in [0, 0.1) is 5.92 Å². The second-order valence-electron chi connectivity index (χ2n) is 8.07. The lowest BCUT2D eigenvalue weighted by Crippen LogP contribution is -2.44. The second kappa shape index (κ2) is 12.9. The number of ether oxygens (including phenoxy) is 1. The molecule has 166 valence electrons. The van der Waals surface area contributed by atoms with E-state index in [0.29, 0.717) is 11.8 Å². The smallest absolute Gasteiger partial charge is 0.0594 e. The van der Waals surface area contributed by atoms with Crippen molar-refractivity contribution in [3.8, 4) is 0 Å². The molecule has 6 heteroatoms. The Kier molecular flexibility index (Phi) is 10.9. The van der Waals surface area contributed by atoms with E-state index >= 15 is 0 Å². The van der Waals surface area contributed by atoms with E-state index in [2.05, 4.69) is 52.3 Å². The molecule has 2 aliphatic heterocycles. The molecule has 4 rings (SSSR count). The molecule has 2 aromatic carbocycles. The standard InChI is InChI=1S/C24H31ClN2O.2ClH/c25-23-8-6-21(7-9-23)24(20-4-2-1-3-5-20)22-10-12-26(13-11-22)14-15-27-16-18-28-19-17-27;;/h1-9,22,24H,10-19H2;2*1H. The molecule has 0 radical (unpaired) electrons. The van der Waals surface area contributed by atoms with Gasteiger partial charge in [0.2, 0.25) is 0 Å². The molecule has 1 unspecified atom stereocenters. The molecule has 2 aliphatic rings. The van der Waals surface area contributed by atoms with Gasteiger partial charge in [0.05, 0.1) is 13.2 Å². The SMILES string of the molecule is Cl.Cl.Clc1ccc(C(c2ccccc2)C2CCN(CCN3CCOCC3)CC2)cc1. The normalized spacial score (nSPS) is 19.5. The van der Waals surface area contributed by atoms with Crippen molar-refractivity contribution in [1.29, 1.82) is 0 Å². The van der Waals surface area contributed by atoms with Crippen molar-refractivity contribution in [1.82, 2.24) is 9.80 Å². The zero-order valence-electron chi connectivity index (χ0n) is 17.4. The Balaban J connectivity index is 0.00000160. The summed E-state index contributed by atoms with van der Waals surface area (Å²) in [5.41, 5.74) is 2.82. The van der Waals surface area contributed by atoms with Crippen molar-refractivity contribution in [3.63, 3.8) is 0 Å². The van der Waals surface area contributed by atoms with Crippen molar-refractivity contribution in [3.05, 3.63) is 70.7 Å². The van der Waals surface area contributed by atoms with Crippen LogP contribution in [0.25, 0.3) is 0 Å². The van der Waals surface area contributed by atoms with E-state index in [1.807, 2.05) is 12.1 Å². The number of hydrogen-bond donors (Lipinski definition) is 0. The number of morpholine rings is 1. The fraction of sp³-hybridized carbons (Fsp3) is 0.500. The van der Waals surface area contributed by atoms with Gasteiger partial charge in [-0.05, 0) is 55.1 Å². The van der Waals surface area contributed by atoms with Gasteiger partial charge < -0.3 is 9.64 Å². The molecular weight excluding hydrogens is 439 g/mol. The first-order chi connectivity index (χ1) is 13.8. The van der Waals surface area contributed by atoms with E-state index in [1.54, 1.807) is 0 Å². The Bertz CT molecular complexity index is 715. The highest BCUT2D eigenvalue weighted by molar-refractivity contribution is 6.30. The van der Waals surface area contributed by atoms with Crippen LogP contribution in [0.5, 0.6) is 0 Å². The Labute approximate surface area is 198 Å². The van der Waals surface area contributed by atoms with E-state index in [0.717, 1.165) is 31.3 Å². The van der Waals surface area contributed by atoms with Gasteiger partial charge in [-0.2, -0.15) is 0 Å². The Morgan fingerprint density at radius 2 is 1.30 bits per heavy atom. The van der Waals surface area contributed by atoms with Gasteiger partial charge in [0.25, 0.3) is 0 Å². The maximum Gasteiger partial charge on any atom is 0.0594 e. The molecule has 0 amide bonds. The largest absolute Gasteiger partial charge is 0.379 e. The third-order valence-corrected chi connectivity index (χ3v) is 6.58. The summed E-state index contributed by atoms with van der Waals surface area (Å²) in [6.07, 6.45) is 2.51. The zero-order valence-corrected chi connectivity index (χ0v) is 19.8. The number of hydrogen-bond acceptors (Lipinski definition) is 3. The summed E-state index contributed by atoms with van der Waals surface area (Å²) in [4.78, 5) is 5.19. The highest BCUT2D eigenvalue weighted by Crippen LogP contribution is 2.38. The lowest BCUT2D eigenvalue weighted by molar-refractivity contribution is 0.0312. The molecule has 0 N–H and O–H groups in total. The second-order valence-corrected chi connectivity index (χ2v) is 8.51. The molecule has 30 heavy (non-hydrogen) atoms. The number of rotatable bonds is 6. The van der Waals surface area contributed by atoms with Crippen LogP contribution in [0.15, 0.2) is 54.6 Å². The molecule has 1 atom stereocenters. The number of piperidine rings is 1. The maximum absolute atomic E-state index is 6.15. The third-order valence-electron chi connectivity index (χ3n) is 6.33. The Hall–Kier alpha value is -0.810. The molecule has 0 aliphatic carbocycles. The Morgan fingerprint density at radius 3 is 1.90 bits per heavy atom. The summed E-state index contributed by atoms with van der Waals surface area (Å²) >= 11 is 6.15. The highest BCUT2D eigenvalue weighted by Gasteiger charge is 2.29. The van der Waals surface area contributed by atoms with Crippen LogP contribution in [0.2, 0.25) is 5.02 Å². The molecule has 2 fully saturated rings. The first-order valence-electron chi connectivity index (χ1n) is 10.6. The van der Waals surface area contributed by atoms with Gasteiger partial charge in [0, 0.05) is 37.1 Å². The predicted molar refractivity (Wildman–Crippen MR) is 131 cm³/mol. The fourth-order valence-electron chi connectivity index (χ4n) is 4.68. The minimum atomic E-state index is 0. The fourth-order valence-corrected chi connectivity index (χ4v) is 4.81. The van der Waals surface area contributed by atoms with E-state index < -0.39 is 0 Å². The monoisotopic (exact) mass is 470 g/mol. The maximum atomic E-state index is 6.15. The molecular formula is C24H33Cl3N2O. The summed E-state index contributed by atoms with van der Waals surface area (Å²) < 4.78 is 5.46. The van der Waals surface area contributed by atoms with Crippen molar-refractivity contribution < 1.29 is 4.74 Å². The average molecular weight is 472 g/mol. The van der Waals surface area contributed by atoms with Crippen molar-refractivity contribution in [2.24, 2.45) is 5.92 Å². The van der Waals surface area contributed by atoms with Gasteiger partial charge in [-0.3, -0.25) is 4.90 Å². The van der Waals surface area contributed by atoms with Crippen molar-refractivity contribution in [2.45, 2.75) is 18.8 Å². The molecule has 2 saturated heterocycles. The minimum Gasteiger partial charge on any atom is -0.379 e. The van der Waals surface area contributed by atoms with Crippen LogP contribution in [-0.4, -0.2) is 62.3 Å². The number of nitrogens with zero attached hydrogens (tertiary/aromatic N) is 2. The molecule has 3 nitrogen and oxygen atoms in total. The zero-order chi connectivity index (χ0) is 19.2. The van der Waals surface area contributed by atoms with Crippen LogP contribution >= 0.6 is 36.4 Å². The summed E-state index contributed by atoms with van der Waals surface area (Å²) in [6, 6.07) is 19.5. The first-order valence-corrected chi connectivity index (χ1v) is 11.0. The van der Waals surface area contributed by atoms with E-state index in [1.165, 1.54) is 50.1 Å². The van der Waals surface area contributed by atoms with Gasteiger partial charge >= 0.3 is 0 Å². The molecule has 2 aromatic rings. The average Bonchev–Trinajstić information content (AvgIpc) is 2.76. The lowest BCUT2D eigenvalue weighted by atomic mass is 9.76. The lowest BCUT2D eigenvalue weighted by Gasteiger charge is -2.38. The predicted octanol–water partition coefficient (Wildman–Crippen LogP) is 5.36. The minimum absolute atomic E-state index is 0. The summed E-state index contributed by atoms with van der Waals surface area (Å²) in [5, 5.41) is 0.813. The van der Waals surface area contributed by atoms with Crippen LogP contribution in [0.3, 0.4) is 0 Å². The van der Waals surface area contributed by atoms with Crippen LogP contribution < -0.4 is 0 Å². The van der Waals surface area contributed by atoms with E-state index in [-0.39, 0.29) is 24.8 Å². The van der Waals surface area contributed by atoms with Crippen LogP contribution in [-0.2, 0) is 4.74 Å². The highest BCUT2D eigenvalue weighted by atomic mass is 35.5. The molecule has 0 spiro atoms. The topological polar surface area (TPSA) is 15.7 Å². The van der Waals surface area contributed by atoms with Crippen LogP contribution in [0.4, 0.5) is 0 Å². The van der Waals surface area contributed by atoms with E-state index in [4.69, 9.17) is 16.3 Å². The molecule has 0 saturated carbocycles. The Morgan fingerprint density at radius 1 is 0.767 bits per heavy atom. The van der Waals surface area contributed by atoms with Crippen molar-refractivity contribution >= 4 is 36.4 Å². The third kappa shape index (κ3) is 6.85. The van der Waals surface area contributed by atoms with E-state index in [9.17, 15) is 0 Å². The van der Waals surface area contributed by atoms with Gasteiger partial charge in [0.15, 0.2) is 0 Å². The van der Waals surface area contributed by atoms with Gasteiger partial charge in [-0.1, -0.05) is 54.1 Å². The van der Waals surface area contributed by atoms with Crippen LogP contribution in [0.1, 0.15) is 29.9 Å². The number of likely N-dealkylation sites (tertiary alicyclic amines) is 1. The number of halogens is 3. The molecule has 0 aromatic heterocycles. The quantitative estimate of drug-likeness (QED) is 0.564. The van der Waals surface area contributed by atoms with Gasteiger partial charge in [-0.15, -0.1) is 24.8 Å². The van der Waals surface area contributed by atoms with Gasteiger partial charge in [-0.25, -0.2) is 0 Å². The molecule has 0 bridgehead atoms. The number of benzene rings is 2.